The maximum atomic E-state index is 13.4. The fraction of sp³-hybridized carbons (Fsp3) is 0.385. The molecule has 1 heterocycles. The molecule has 1 aliphatic rings. The van der Waals surface area contributed by atoms with Crippen LogP contribution in [0.2, 0.25) is 0 Å². The van der Waals surface area contributed by atoms with Gasteiger partial charge in [-0.05, 0) is 42.5 Å². The highest BCUT2D eigenvalue weighted by Gasteiger charge is 2.41. The van der Waals surface area contributed by atoms with Crippen LogP contribution in [0, 0.1) is 5.92 Å². The van der Waals surface area contributed by atoms with Crippen LogP contribution >= 0.6 is 0 Å². The molecule has 0 aliphatic carbocycles. The van der Waals surface area contributed by atoms with Gasteiger partial charge in [0, 0.05) is 19.6 Å². The van der Waals surface area contributed by atoms with Crippen LogP contribution in [0.3, 0.4) is 0 Å². The van der Waals surface area contributed by atoms with Crippen LogP contribution in [-0.2, 0) is 16.1 Å². The van der Waals surface area contributed by atoms with Crippen molar-refractivity contribution in [2.45, 2.75) is 40.7 Å². The highest BCUT2D eigenvalue weighted by molar-refractivity contribution is 6.35. The van der Waals surface area contributed by atoms with Crippen molar-refractivity contribution in [2.24, 2.45) is 5.92 Å². The topological polar surface area (TPSA) is 49.9 Å². The SMILES string of the molecule is CCCOc1ccc(C2=C(N(CC)Cc3ccccc3)C(=O)N(CC(C)C)C2=O)cc1. The molecule has 0 N–H and O–H groups in total. The molecular weight excluding hydrogens is 388 g/mol. The molecule has 1 aliphatic heterocycles. The van der Waals surface area contributed by atoms with Crippen LogP contribution in [-0.4, -0.2) is 41.3 Å². The first kappa shape index (κ1) is 22.6. The number of hydrogen-bond acceptors (Lipinski definition) is 4. The lowest BCUT2D eigenvalue weighted by Gasteiger charge is -2.25. The molecule has 0 bridgehead atoms. The van der Waals surface area contributed by atoms with E-state index in [0.29, 0.717) is 37.5 Å². The van der Waals surface area contributed by atoms with Gasteiger partial charge in [0.15, 0.2) is 0 Å². The number of rotatable bonds is 10. The lowest BCUT2D eigenvalue weighted by Crippen LogP contribution is -2.37. The van der Waals surface area contributed by atoms with Crippen LogP contribution in [0.5, 0.6) is 5.75 Å². The quantitative estimate of drug-likeness (QED) is 0.521. The third kappa shape index (κ3) is 5.16. The molecule has 31 heavy (non-hydrogen) atoms. The van der Waals surface area contributed by atoms with E-state index in [1.807, 2.05) is 80.3 Å². The van der Waals surface area contributed by atoms with Crippen molar-refractivity contribution in [3.05, 3.63) is 71.4 Å². The first-order valence-corrected chi connectivity index (χ1v) is 11.1. The smallest absolute Gasteiger partial charge is 0.277 e. The number of benzene rings is 2. The third-order valence-corrected chi connectivity index (χ3v) is 5.22. The molecule has 2 amide bonds. The van der Waals surface area contributed by atoms with Crippen molar-refractivity contribution in [3.8, 4) is 5.75 Å². The second-order valence-corrected chi connectivity index (χ2v) is 8.21. The molecule has 0 saturated carbocycles. The number of likely N-dealkylation sites (N-methyl/N-ethyl adjacent to an activating group) is 1. The Labute approximate surface area is 185 Å². The van der Waals surface area contributed by atoms with Crippen LogP contribution in [0.4, 0.5) is 0 Å². The average Bonchev–Trinajstić information content (AvgIpc) is 3.01. The normalized spacial score (nSPS) is 14.0. The molecule has 0 saturated heterocycles. The van der Waals surface area contributed by atoms with Crippen molar-refractivity contribution < 1.29 is 14.3 Å². The van der Waals surface area contributed by atoms with Crippen LogP contribution < -0.4 is 4.74 Å². The van der Waals surface area contributed by atoms with Crippen LogP contribution in [0.1, 0.15) is 45.2 Å². The van der Waals surface area contributed by atoms with Gasteiger partial charge in [-0.1, -0.05) is 63.2 Å². The summed E-state index contributed by atoms with van der Waals surface area (Å²) in [6, 6.07) is 17.5. The zero-order valence-corrected chi connectivity index (χ0v) is 18.9. The molecule has 3 rings (SSSR count). The summed E-state index contributed by atoms with van der Waals surface area (Å²) in [5.74, 6) is 0.531. The van der Waals surface area contributed by atoms with Gasteiger partial charge in [0.25, 0.3) is 11.8 Å². The van der Waals surface area contributed by atoms with Gasteiger partial charge in [0.05, 0.1) is 12.2 Å². The lowest BCUT2D eigenvalue weighted by atomic mass is 10.0. The fourth-order valence-electron chi connectivity index (χ4n) is 3.74. The minimum atomic E-state index is -0.220. The fourth-order valence-corrected chi connectivity index (χ4v) is 3.74. The third-order valence-electron chi connectivity index (χ3n) is 5.22. The molecule has 0 radical (unpaired) electrons. The standard InChI is InChI=1S/C26H32N2O3/c1-5-16-31-22-14-12-21(13-15-22)23-24(26(30)28(25(23)29)17-19(3)4)27(6-2)18-20-10-8-7-9-11-20/h7-15,19H,5-6,16-18H2,1-4H3. The Balaban J connectivity index is 2.02. The van der Waals surface area contributed by atoms with Gasteiger partial charge in [0.2, 0.25) is 0 Å². The van der Waals surface area contributed by atoms with Gasteiger partial charge >= 0.3 is 0 Å². The first-order chi connectivity index (χ1) is 15.0. The molecule has 0 fully saturated rings. The van der Waals surface area contributed by atoms with Crippen LogP contribution in [0.15, 0.2) is 60.3 Å². The van der Waals surface area contributed by atoms with E-state index < -0.39 is 0 Å². The monoisotopic (exact) mass is 420 g/mol. The summed E-state index contributed by atoms with van der Waals surface area (Å²) in [5, 5.41) is 0. The maximum absolute atomic E-state index is 13.4. The van der Waals surface area contributed by atoms with Gasteiger partial charge in [0.1, 0.15) is 11.4 Å². The van der Waals surface area contributed by atoms with E-state index in [-0.39, 0.29) is 17.7 Å². The molecule has 2 aromatic carbocycles. The Kier molecular flexibility index (Phi) is 7.50. The summed E-state index contributed by atoms with van der Waals surface area (Å²) in [6.07, 6.45) is 0.930. The van der Waals surface area contributed by atoms with Gasteiger partial charge in [-0.2, -0.15) is 0 Å². The summed E-state index contributed by atoms with van der Waals surface area (Å²) < 4.78 is 5.68. The Morgan fingerprint density at radius 2 is 1.61 bits per heavy atom. The first-order valence-electron chi connectivity index (χ1n) is 11.1. The molecule has 164 valence electrons. The number of nitrogens with zero attached hydrogens (tertiary/aromatic N) is 2. The highest BCUT2D eigenvalue weighted by atomic mass is 16.5. The zero-order chi connectivity index (χ0) is 22.4. The molecule has 2 aromatic rings. The Morgan fingerprint density at radius 1 is 0.935 bits per heavy atom. The Morgan fingerprint density at radius 3 is 2.19 bits per heavy atom. The minimum Gasteiger partial charge on any atom is -0.494 e. The van der Waals surface area contributed by atoms with E-state index in [9.17, 15) is 9.59 Å². The largest absolute Gasteiger partial charge is 0.494 e. The van der Waals surface area contributed by atoms with E-state index in [0.717, 1.165) is 23.3 Å². The molecule has 0 atom stereocenters. The summed E-state index contributed by atoms with van der Waals surface area (Å²) in [7, 11) is 0. The van der Waals surface area contributed by atoms with E-state index in [4.69, 9.17) is 4.74 Å². The molecule has 0 aromatic heterocycles. The molecule has 5 heteroatoms. The summed E-state index contributed by atoms with van der Waals surface area (Å²) >= 11 is 0. The average molecular weight is 421 g/mol. The van der Waals surface area contributed by atoms with Crippen molar-refractivity contribution in [1.82, 2.24) is 9.80 Å². The highest BCUT2D eigenvalue weighted by Crippen LogP contribution is 2.33. The van der Waals surface area contributed by atoms with E-state index in [1.165, 1.54) is 4.90 Å². The summed E-state index contributed by atoms with van der Waals surface area (Å²) in [6.45, 7) is 10.3. The molecular formula is C26H32N2O3. The minimum absolute atomic E-state index is 0.197. The summed E-state index contributed by atoms with van der Waals surface area (Å²) in [4.78, 5) is 30.2. The zero-order valence-electron chi connectivity index (χ0n) is 18.9. The molecule has 0 unspecified atom stereocenters. The Bertz CT molecular complexity index is 933. The van der Waals surface area contributed by atoms with Crippen molar-refractivity contribution in [2.75, 3.05) is 19.7 Å². The van der Waals surface area contributed by atoms with Crippen LogP contribution in [0.25, 0.3) is 5.57 Å². The second kappa shape index (κ2) is 10.3. The Hall–Kier alpha value is -3.08. The van der Waals surface area contributed by atoms with Gasteiger partial charge in [-0.25, -0.2) is 0 Å². The number of carbonyl (C=O) groups excluding carboxylic acids is 2. The lowest BCUT2D eigenvalue weighted by molar-refractivity contribution is -0.138. The predicted molar refractivity (Wildman–Crippen MR) is 123 cm³/mol. The molecule has 0 spiro atoms. The number of ether oxygens (including phenoxy) is 1. The second-order valence-electron chi connectivity index (χ2n) is 8.21. The van der Waals surface area contributed by atoms with E-state index >= 15 is 0 Å². The number of amides is 2. The van der Waals surface area contributed by atoms with Gasteiger partial charge < -0.3 is 9.64 Å². The van der Waals surface area contributed by atoms with E-state index in [2.05, 4.69) is 6.92 Å². The van der Waals surface area contributed by atoms with Crippen molar-refractivity contribution >= 4 is 17.4 Å². The number of imide groups is 1. The maximum Gasteiger partial charge on any atom is 0.277 e. The van der Waals surface area contributed by atoms with Gasteiger partial charge in [-0.15, -0.1) is 0 Å². The predicted octanol–water partition coefficient (Wildman–Crippen LogP) is 4.73. The van der Waals surface area contributed by atoms with Crippen molar-refractivity contribution in [3.63, 3.8) is 0 Å². The summed E-state index contributed by atoms with van der Waals surface area (Å²) in [5.41, 5.74) is 2.81. The van der Waals surface area contributed by atoms with Gasteiger partial charge in [-0.3, -0.25) is 14.5 Å². The van der Waals surface area contributed by atoms with E-state index in [1.54, 1.807) is 0 Å². The van der Waals surface area contributed by atoms with Crippen molar-refractivity contribution in [1.29, 1.82) is 0 Å². The number of hydrogen-bond donors (Lipinski definition) is 0. The number of carbonyl (C=O) groups is 2. The molecule has 5 nitrogen and oxygen atoms in total.